The number of cyclic esters (lactones) is 1. The number of esters is 5. The second-order valence-corrected chi connectivity index (χ2v) is 19.3. The van der Waals surface area contributed by atoms with Crippen LogP contribution in [0.4, 0.5) is 0 Å². The van der Waals surface area contributed by atoms with Crippen molar-refractivity contribution in [1.82, 2.24) is 0 Å². The first-order valence-electron chi connectivity index (χ1n) is 27.5. The summed E-state index contributed by atoms with van der Waals surface area (Å²) >= 11 is 0. The third-order valence-corrected chi connectivity index (χ3v) is 13.1. The number of benzene rings is 1. The number of aliphatic carboxylic acids is 1. The Morgan fingerprint density at radius 3 is 1.46 bits per heavy atom. The van der Waals surface area contributed by atoms with Crippen molar-refractivity contribution in [2.24, 2.45) is 0 Å². The van der Waals surface area contributed by atoms with Crippen LogP contribution in [0.3, 0.4) is 0 Å². The van der Waals surface area contributed by atoms with E-state index in [1.807, 2.05) is 13.0 Å². The van der Waals surface area contributed by atoms with Gasteiger partial charge in [-0.1, -0.05) is 180 Å². The molecule has 0 atom stereocenters. The summed E-state index contributed by atoms with van der Waals surface area (Å²) < 4.78 is 38.8. The molecule has 404 valence electrons. The number of rotatable bonds is 45. The Kier molecular flexibility index (Phi) is 35.1. The molecule has 14 nitrogen and oxygen atoms in total. The molecule has 0 aliphatic carbocycles. The maximum Gasteiger partial charge on any atom is 0.342 e. The van der Waals surface area contributed by atoms with Crippen LogP contribution in [0, 0.1) is 6.92 Å². The van der Waals surface area contributed by atoms with Gasteiger partial charge in [0.05, 0.1) is 20.0 Å². The number of carbonyl (C=O) groups is 6. The predicted octanol–water partition coefficient (Wildman–Crippen LogP) is 13.6. The molecule has 0 aromatic heterocycles. The van der Waals surface area contributed by atoms with Crippen LogP contribution >= 0.6 is 0 Å². The highest BCUT2D eigenvalue weighted by Crippen LogP contribution is 2.43. The van der Waals surface area contributed by atoms with E-state index in [4.69, 9.17) is 38.3 Å². The van der Waals surface area contributed by atoms with Crippen molar-refractivity contribution in [2.45, 2.75) is 252 Å². The van der Waals surface area contributed by atoms with E-state index in [9.17, 15) is 28.8 Å². The summed E-state index contributed by atoms with van der Waals surface area (Å²) in [5.41, 5.74) is 2.77. The maximum atomic E-state index is 13.0. The molecule has 1 aliphatic rings. The number of ether oxygens (including phenoxy) is 7. The van der Waals surface area contributed by atoms with Gasteiger partial charge in [0.25, 0.3) is 0 Å². The lowest BCUT2D eigenvalue weighted by Gasteiger charge is -2.19. The molecule has 1 N–H and O–H groups in total. The Morgan fingerprint density at radius 2 is 1.01 bits per heavy atom. The largest absolute Gasteiger partial charge is 0.496 e. The summed E-state index contributed by atoms with van der Waals surface area (Å²) in [6, 6.07) is 0. The van der Waals surface area contributed by atoms with Gasteiger partial charge in [-0.05, 0) is 45.1 Å². The fourth-order valence-electron chi connectivity index (χ4n) is 8.73. The summed E-state index contributed by atoms with van der Waals surface area (Å²) in [4.78, 5) is 75.3. The maximum absolute atomic E-state index is 13.0. The lowest BCUT2D eigenvalue weighted by molar-refractivity contribution is -0.167. The van der Waals surface area contributed by atoms with E-state index in [1.54, 1.807) is 6.92 Å². The van der Waals surface area contributed by atoms with Crippen molar-refractivity contribution in [3.63, 3.8) is 0 Å². The molecule has 0 amide bonds. The Labute approximate surface area is 426 Å². The fourth-order valence-corrected chi connectivity index (χ4v) is 8.73. The van der Waals surface area contributed by atoms with Crippen LogP contribution in [0.5, 0.6) is 11.5 Å². The average Bonchev–Trinajstić information content (AvgIpc) is 3.75. The number of fused-ring (bicyclic) bond motifs is 1. The van der Waals surface area contributed by atoms with Crippen LogP contribution in [0.15, 0.2) is 11.6 Å². The molecule has 14 heteroatoms. The topological polar surface area (TPSA) is 187 Å². The zero-order chi connectivity index (χ0) is 51.9. The average molecular weight is 1000 g/mol. The number of hydrogen-bond donors (Lipinski definition) is 1. The van der Waals surface area contributed by atoms with Gasteiger partial charge in [0.15, 0.2) is 6.10 Å². The predicted molar refractivity (Wildman–Crippen MR) is 274 cm³/mol. The Morgan fingerprint density at radius 1 is 0.577 bits per heavy atom. The number of hydrogen-bond acceptors (Lipinski definition) is 13. The molecule has 0 radical (unpaired) electrons. The zero-order valence-electron chi connectivity index (χ0n) is 44.6. The van der Waals surface area contributed by atoms with E-state index in [1.165, 1.54) is 123 Å². The Balaban J connectivity index is 1.88. The molecule has 0 fully saturated rings. The minimum Gasteiger partial charge on any atom is -0.496 e. The first kappa shape index (κ1) is 62.5. The zero-order valence-corrected chi connectivity index (χ0v) is 44.6. The smallest absolute Gasteiger partial charge is 0.342 e. The fraction of sp³-hybridized carbons (Fsp3) is 0.754. The molecule has 71 heavy (non-hydrogen) atoms. The van der Waals surface area contributed by atoms with Crippen LogP contribution in [-0.2, 0) is 60.7 Å². The van der Waals surface area contributed by atoms with Crippen LogP contribution in [-0.4, -0.2) is 74.1 Å². The SMILES string of the molecule is CCCCCCCCCCCCCCCC(=O)OCC(COC(=O)CCCCCCCCCCCCCCC)OC(=O)CCC(=O)OCOc1c(C/C=C(\C)CCC(=O)O)c(OC)c(C)c2c1C(=O)OC2. The van der Waals surface area contributed by atoms with Crippen LogP contribution < -0.4 is 9.47 Å². The highest BCUT2D eigenvalue weighted by atomic mass is 16.7. The van der Waals surface area contributed by atoms with Crippen LogP contribution in [0.1, 0.15) is 253 Å². The Hall–Kier alpha value is -4.62. The molecule has 1 aliphatic heterocycles. The highest BCUT2D eigenvalue weighted by molar-refractivity contribution is 5.98. The van der Waals surface area contributed by atoms with Gasteiger partial charge in [0.1, 0.15) is 36.9 Å². The number of allylic oxidation sites excluding steroid dienone is 2. The lowest BCUT2D eigenvalue weighted by atomic mass is 9.94. The monoisotopic (exact) mass is 1000 g/mol. The van der Waals surface area contributed by atoms with Gasteiger partial charge in [-0.2, -0.15) is 0 Å². The van der Waals surface area contributed by atoms with Crippen molar-refractivity contribution >= 4 is 35.8 Å². The molecule has 0 bridgehead atoms. The van der Waals surface area contributed by atoms with Gasteiger partial charge in [-0.15, -0.1) is 0 Å². The van der Waals surface area contributed by atoms with Crippen molar-refractivity contribution in [2.75, 3.05) is 27.1 Å². The highest BCUT2D eigenvalue weighted by Gasteiger charge is 2.33. The standard InChI is InChI=1S/C57H92O14/c1-6-8-10-12-14-16-18-20-22-24-26-28-30-32-50(60)66-40-46(41-67-51(61)33-31-29-27-25-23-21-19-17-15-13-11-9-7-2)71-53(63)39-38-52(62)69-43-70-56-47(36-34-44(3)35-37-49(58)59)55(65-5)45(4)48-42-68-57(64)54(48)56/h34,46H,6-33,35-43H2,1-5H3,(H,58,59)/b44-34+. The quantitative estimate of drug-likeness (QED) is 0.0214. The second kappa shape index (κ2) is 39.9. The van der Waals surface area contributed by atoms with E-state index in [2.05, 4.69) is 13.8 Å². The van der Waals surface area contributed by atoms with Crippen LogP contribution in [0.25, 0.3) is 0 Å². The molecule has 1 aromatic rings. The number of carboxylic acid groups (broad SMARTS) is 1. The molecule has 2 rings (SSSR count). The normalized spacial score (nSPS) is 12.1. The second-order valence-electron chi connectivity index (χ2n) is 19.3. The number of methoxy groups -OCH3 is 1. The van der Waals surface area contributed by atoms with E-state index in [-0.39, 0.29) is 69.7 Å². The van der Waals surface area contributed by atoms with Gasteiger partial charge in [-0.3, -0.25) is 24.0 Å². The third-order valence-electron chi connectivity index (χ3n) is 13.1. The van der Waals surface area contributed by atoms with E-state index >= 15 is 0 Å². The van der Waals surface area contributed by atoms with Gasteiger partial charge < -0.3 is 38.3 Å². The van der Waals surface area contributed by atoms with E-state index in [0.717, 1.165) is 44.1 Å². The summed E-state index contributed by atoms with van der Waals surface area (Å²) in [6.07, 6.45) is 31.9. The molecule has 0 unspecified atom stereocenters. The third kappa shape index (κ3) is 28.9. The van der Waals surface area contributed by atoms with E-state index in [0.29, 0.717) is 41.7 Å². The minimum absolute atomic E-state index is 0.0146. The first-order valence-corrected chi connectivity index (χ1v) is 27.5. The van der Waals surface area contributed by atoms with Crippen molar-refractivity contribution in [3.8, 4) is 11.5 Å². The number of carboxylic acids is 1. The van der Waals surface area contributed by atoms with Gasteiger partial charge in [0, 0.05) is 30.4 Å². The molecule has 0 saturated carbocycles. The van der Waals surface area contributed by atoms with Crippen molar-refractivity contribution in [1.29, 1.82) is 0 Å². The lowest BCUT2D eigenvalue weighted by Crippen LogP contribution is -2.31. The molecule has 1 aromatic carbocycles. The molecule has 0 spiro atoms. The summed E-state index contributed by atoms with van der Waals surface area (Å²) in [5, 5.41) is 9.11. The van der Waals surface area contributed by atoms with Crippen LogP contribution in [0.2, 0.25) is 0 Å². The summed E-state index contributed by atoms with van der Waals surface area (Å²) in [6.45, 7) is 6.91. The molecular formula is C57H92O14. The molecular weight excluding hydrogens is 909 g/mol. The minimum atomic E-state index is -1.06. The van der Waals surface area contributed by atoms with Gasteiger partial charge in [0.2, 0.25) is 6.79 Å². The number of carbonyl (C=O) groups excluding carboxylic acids is 5. The van der Waals surface area contributed by atoms with E-state index < -0.39 is 48.7 Å². The molecule has 0 saturated heterocycles. The number of unbranched alkanes of at least 4 members (excludes halogenated alkanes) is 24. The van der Waals surface area contributed by atoms with Crippen molar-refractivity contribution < 1.29 is 67.0 Å². The summed E-state index contributed by atoms with van der Waals surface area (Å²) in [7, 11) is 1.49. The van der Waals surface area contributed by atoms with Crippen molar-refractivity contribution in [3.05, 3.63) is 33.9 Å². The van der Waals surface area contributed by atoms with Gasteiger partial charge >= 0.3 is 35.8 Å². The van der Waals surface area contributed by atoms with Gasteiger partial charge in [-0.25, -0.2) is 4.79 Å². The summed E-state index contributed by atoms with van der Waals surface area (Å²) in [5.74, 6) is -3.35. The Bertz CT molecular complexity index is 1690. The first-order chi connectivity index (χ1) is 34.4. The molecule has 1 heterocycles.